The van der Waals surface area contributed by atoms with Crippen LogP contribution in [-0.4, -0.2) is 28.1 Å². The van der Waals surface area contributed by atoms with Crippen molar-refractivity contribution in [2.75, 3.05) is 11.4 Å². The van der Waals surface area contributed by atoms with Crippen molar-refractivity contribution < 1.29 is 5.21 Å². The summed E-state index contributed by atoms with van der Waals surface area (Å²) in [5.74, 6) is 0.0452. The lowest BCUT2D eigenvalue weighted by atomic mass is 10.0. The predicted octanol–water partition coefficient (Wildman–Crippen LogP) is 1.55. The number of hydrogen-bond acceptors (Lipinski definition) is 4. The van der Waals surface area contributed by atoms with Crippen LogP contribution >= 0.6 is 0 Å². The number of hydrogen-bond donors (Lipinski definition) is 2. The van der Waals surface area contributed by atoms with Gasteiger partial charge in [0.25, 0.3) is 0 Å². The number of nitrogens with two attached hydrogens (primary N) is 1. The molecule has 0 aliphatic carbocycles. The van der Waals surface area contributed by atoms with E-state index >= 15 is 0 Å². The highest BCUT2D eigenvalue weighted by atomic mass is 16.4. The molecule has 2 rings (SSSR count). The zero-order chi connectivity index (χ0) is 12.5. The first-order valence-electron chi connectivity index (χ1n) is 5.76. The molecular weight excluding hydrogens is 216 g/mol. The van der Waals surface area contributed by atoms with Crippen LogP contribution in [0.25, 0.3) is 0 Å². The average Bonchev–Trinajstić information content (AvgIpc) is 2.68. The number of oxime groups is 1. The van der Waals surface area contributed by atoms with Gasteiger partial charge in [0.05, 0.1) is 0 Å². The summed E-state index contributed by atoms with van der Waals surface area (Å²) in [7, 11) is 0. The van der Waals surface area contributed by atoms with E-state index in [1.807, 2.05) is 12.1 Å². The van der Waals surface area contributed by atoms with Gasteiger partial charge in [-0.25, -0.2) is 0 Å². The summed E-state index contributed by atoms with van der Waals surface area (Å²) in [6.45, 7) is 5.49. The van der Waals surface area contributed by atoms with Crippen LogP contribution in [0, 0.1) is 0 Å². The lowest BCUT2D eigenvalue weighted by Gasteiger charge is -2.33. The molecule has 1 aliphatic heterocycles. The Bertz CT molecular complexity index is 442. The minimum atomic E-state index is 0.0452. The van der Waals surface area contributed by atoms with Crippen LogP contribution in [0.5, 0.6) is 0 Å². The molecule has 2 heterocycles. The number of amidine groups is 1. The molecular formula is C12H18N4O. The van der Waals surface area contributed by atoms with E-state index in [1.165, 1.54) is 12.8 Å². The average molecular weight is 234 g/mol. The van der Waals surface area contributed by atoms with E-state index in [1.54, 1.807) is 6.20 Å². The second-order valence-corrected chi connectivity index (χ2v) is 4.95. The van der Waals surface area contributed by atoms with Gasteiger partial charge in [-0.1, -0.05) is 5.16 Å². The van der Waals surface area contributed by atoms with Gasteiger partial charge in [-0.3, -0.25) is 4.98 Å². The topological polar surface area (TPSA) is 74.7 Å². The molecule has 1 aromatic rings. The van der Waals surface area contributed by atoms with Gasteiger partial charge >= 0.3 is 0 Å². The van der Waals surface area contributed by atoms with Gasteiger partial charge < -0.3 is 15.8 Å². The van der Waals surface area contributed by atoms with Crippen LogP contribution in [0.15, 0.2) is 23.5 Å². The molecule has 0 atom stereocenters. The molecule has 0 radical (unpaired) electrons. The summed E-state index contributed by atoms with van der Waals surface area (Å²) in [6.07, 6.45) is 4.06. The Morgan fingerprint density at radius 2 is 2.35 bits per heavy atom. The first-order valence-corrected chi connectivity index (χ1v) is 5.76. The van der Waals surface area contributed by atoms with Gasteiger partial charge in [-0.15, -0.1) is 0 Å². The number of rotatable bonds is 2. The van der Waals surface area contributed by atoms with Crippen LogP contribution in [0.3, 0.4) is 0 Å². The van der Waals surface area contributed by atoms with E-state index in [0.717, 1.165) is 12.2 Å². The molecule has 17 heavy (non-hydrogen) atoms. The van der Waals surface area contributed by atoms with E-state index in [9.17, 15) is 0 Å². The Labute approximate surface area is 101 Å². The zero-order valence-electron chi connectivity index (χ0n) is 10.2. The molecule has 0 aromatic carbocycles. The smallest absolute Gasteiger partial charge is 0.188 e. The van der Waals surface area contributed by atoms with Gasteiger partial charge in [0.2, 0.25) is 0 Å². The molecule has 5 heteroatoms. The second-order valence-electron chi connectivity index (χ2n) is 4.95. The van der Waals surface area contributed by atoms with Gasteiger partial charge in [0, 0.05) is 24.0 Å². The Morgan fingerprint density at radius 3 is 2.94 bits per heavy atom. The maximum absolute atomic E-state index is 8.66. The van der Waals surface area contributed by atoms with Crippen LogP contribution < -0.4 is 10.6 Å². The fraction of sp³-hybridized carbons (Fsp3) is 0.500. The van der Waals surface area contributed by atoms with Crippen molar-refractivity contribution in [2.45, 2.75) is 32.2 Å². The molecule has 1 saturated heterocycles. The van der Waals surface area contributed by atoms with E-state index in [-0.39, 0.29) is 11.4 Å². The lowest BCUT2D eigenvalue weighted by Crippen LogP contribution is -2.38. The lowest BCUT2D eigenvalue weighted by molar-refractivity contribution is 0.318. The van der Waals surface area contributed by atoms with Crippen molar-refractivity contribution in [1.82, 2.24) is 4.98 Å². The second kappa shape index (κ2) is 4.24. The summed E-state index contributed by atoms with van der Waals surface area (Å²) < 4.78 is 0. The van der Waals surface area contributed by atoms with Crippen LogP contribution in [0.1, 0.15) is 32.4 Å². The molecule has 0 spiro atoms. The van der Waals surface area contributed by atoms with Crippen molar-refractivity contribution in [2.24, 2.45) is 10.9 Å². The predicted molar refractivity (Wildman–Crippen MR) is 67.4 cm³/mol. The number of nitrogens with zero attached hydrogens (tertiary/aromatic N) is 3. The van der Waals surface area contributed by atoms with Crippen LogP contribution in [-0.2, 0) is 0 Å². The van der Waals surface area contributed by atoms with Crippen molar-refractivity contribution in [3.8, 4) is 0 Å². The molecule has 5 nitrogen and oxygen atoms in total. The SMILES string of the molecule is CC1(C)CCCN1c1ccnc(C(N)=NO)c1. The summed E-state index contributed by atoms with van der Waals surface area (Å²) >= 11 is 0. The van der Waals surface area contributed by atoms with Crippen molar-refractivity contribution in [3.63, 3.8) is 0 Å². The van der Waals surface area contributed by atoms with Gasteiger partial charge in [-0.2, -0.15) is 0 Å². The largest absolute Gasteiger partial charge is 0.409 e. The molecule has 0 unspecified atom stereocenters. The standard InChI is InChI=1S/C12H18N4O/c1-12(2)5-3-7-16(12)9-4-6-14-10(8-9)11(13)15-17/h4,6,8,17H,3,5,7H2,1-2H3,(H2,13,15). The highest BCUT2D eigenvalue weighted by Crippen LogP contribution is 2.33. The molecule has 0 amide bonds. The summed E-state index contributed by atoms with van der Waals surface area (Å²) in [4.78, 5) is 6.42. The highest BCUT2D eigenvalue weighted by Gasteiger charge is 2.32. The maximum atomic E-state index is 8.66. The molecule has 92 valence electrons. The quantitative estimate of drug-likeness (QED) is 0.352. The first kappa shape index (κ1) is 11.7. The summed E-state index contributed by atoms with van der Waals surface area (Å²) in [6, 6.07) is 3.82. The molecule has 3 N–H and O–H groups in total. The fourth-order valence-electron chi connectivity index (χ4n) is 2.36. The van der Waals surface area contributed by atoms with Crippen LogP contribution in [0.4, 0.5) is 5.69 Å². The van der Waals surface area contributed by atoms with Crippen molar-refractivity contribution in [1.29, 1.82) is 0 Å². The Morgan fingerprint density at radius 1 is 1.59 bits per heavy atom. The number of anilines is 1. The first-order chi connectivity index (χ1) is 8.04. The highest BCUT2D eigenvalue weighted by molar-refractivity contribution is 5.95. The van der Waals surface area contributed by atoms with Gasteiger partial charge in [0.1, 0.15) is 5.69 Å². The third-order valence-electron chi connectivity index (χ3n) is 3.33. The normalized spacial score (nSPS) is 19.6. The van der Waals surface area contributed by atoms with Crippen molar-refractivity contribution in [3.05, 3.63) is 24.0 Å². The van der Waals surface area contributed by atoms with E-state index in [0.29, 0.717) is 5.69 Å². The van der Waals surface area contributed by atoms with E-state index in [4.69, 9.17) is 10.9 Å². The zero-order valence-corrected chi connectivity index (χ0v) is 10.2. The van der Waals surface area contributed by atoms with E-state index < -0.39 is 0 Å². The Kier molecular flexibility index (Phi) is 2.92. The third-order valence-corrected chi connectivity index (χ3v) is 3.33. The molecule has 0 saturated carbocycles. The van der Waals surface area contributed by atoms with Gasteiger partial charge in [-0.05, 0) is 38.8 Å². The van der Waals surface area contributed by atoms with Gasteiger partial charge in [0.15, 0.2) is 5.84 Å². The molecule has 1 aromatic heterocycles. The monoisotopic (exact) mass is 234 g/mol. The number of aromatic nitrogens is 1. The molecule has 1 fully saturated rings. The summed E-state index contributed by atoms with van der Waals surface area (Å²) in [5.41, 5.74) is 7.29. The number of pyridine rings is 1. The minimum absolute atomic E-state index is 0.0452. The Balaban J connectivity index is 2.34. The maximum Gasteiger partial charge on any atom is 0.188 e. The third kappa shape index (κ3) is 2.18. The molecule has 1 aliphatic rings. The van der Waals surface area contributed by atoms with Crippen LogP contribution in [0.2, 0.25) is 0 Å². The molecule has 0 bridgehead atoms. The Hall–Kier alpha value is -1.78. The van der Waals surface area contributed by atoms with Crippen molar-refractivity contribution >= 4 is 11.5 Å². The summed E-state index contributed by atoms with van der Waals surface area (Å²) in [5, 5.41) is 11.6. The van der Waals surface area contributed by atoms with E-state index in [2.05, 4.69) is 28.9 Å². The minimum Gasteiger partial charge on any atom is -0.409 e. The fourth-order valence-corrected chi connectivity index (χ4v) is 2.36.